The van der Waals surface area contributed by atoms with Crippen molar-refractivity contribution in [3.8, 4) is 0 Å². The third-order valence-corrected chi connectivity index (χ3v) is 5.44. The summed E-state index contributed by atoms with van der Waals surface area (Å²) in [6, 6.07) is 0.777. The zero-order valence-corrected chi connectivity index (χ0v) is 12.7. The van der Waals surface area contributed by atoms with Crippen LogP contribution in [0, 0.1) is 0 Å². The molecule has 0 N–H and O–H groups in total. The minimum Gasteiger partial charge on any atom is -0.463 e. The number of allylic oxidation sites excluding steroid dienone is 1. The summed E-state index contributed by atoms with van der Waals surface area (Å²) in [5, 5.41) is 0. The molecule has 0 aromatic rings. The first-order valence-electron chi connectivity index (χ1n) is 6.09. The Labute approximate surface area is 110 Å². The SMILES string of the molecule is CC=CC(=O)OCCCCC[Si](OC)(OC)OC. The van der Waals surface area contributed by atoms with E-state index in [0.717, 1.165) is 25.3 Å². The maximum Gasteiger partial charge on any atom is 0.500 e. The Morgan fingerprint density at radius 2 is 1.67 bits per heavy atom. The summed E-state index contributed by atoms with van der Waals surface area (Å²) < 4.78 is 20.9. The van der Waals surface area contributed by atoms with Crippen LogP contribution >= 0.6 is 0 Å². The maximum absolute atomic E-state index is 11.0. The highest BCUT2D eigenvalue weighted by molar-refractivity contribution is 6.60. The molecule has 18 heavy (non-hydrogen) atoms. The van der Waals surface area contributed by atoms with Crippen molar-refractivity contribution in [1.29, 1.82) is 0 Å². The number of unbranched alkanes of at least 4 members (excludes halogenated alkanes) is 2. The molecule has 0 aromatic carbocycles. The topological polar surface area (TPSA) is 54.0 Å². The molecule has 0 bridgehead atoms. The minimum atomic E-state index is -2.43. The molecule has 0 aliphatic carbocycles. The standard InChI is InChI=1S/C12H24O5Si/c1-5-9-12(13)17-10-7-6-8-11-18(14-2,15-3)16-4/h5,9H,6-8,10-11H2,1-4H3. The van der Waals surface area contributed by atoms with Gasteiger partial charge in [-0.2, -0.15) is 0 Å². The van der Waals surface area contributed by atoms with Gasteiger partial charge in [0.15, 0.2) is 0 Å². The molecule has 6 heteroatoms. The summed E-state index contributed by atoms with van der Waals surface area (Å²) >= 11 is 0. The quantitative estimate of drug-likeness (QED) is 0.265. The van der Waals surface area contributed by atoms with Crippen molar-refractivity contribution in [2.24, 2.45) is 0 Å². The van der Waals surface area contributed by atoms with Crippen molar-refractivity contribution in [2.75, 3.05) is 27.9 Å². The summed E-state index contributed by atoms with van der Waals surface area (Å²) in [7, 11) is 2.40. The summed E-state index contributed by atoms with van der Waals surface area (Å²) in [4.78, 5) is 11.0. The third-order valence-electron chi connectivity index (χ3n) is 2.61. The molecule has 0 aliphatic heterocycles. The van der Waals surface area contributed by atoms with Crippen molar-refractivity contribution in [1.82, 2.24) is 0 Å². The number of rotatable bonds is 10. The van der Waals surface area contributed by atoms with Gasteiger partial charge in [0.2, 0.25) is 0 Å². The minimum absolute atomic E-state index is 0.285. The fraction of sp³-hybridized carbons (Fsp3) is 0.750. The predicted molar refractivity (Wildman–Crippen MR) is 71.2 cm³/mol. The molecule has 0 aliphatic rings. The molecule has 0 unspecified atom stereocenters. The van der Waals surface area contributed by atoms with Gasteiger partial charge in [-0.1, -0.05) is 12.5 Å². The van der Waals surface area contributed by atoms with E-state index in [1.54, 1.807) is 34.3 Å². The van der Waals surface area contributed by atoms with E-state index in [1.807, 2.05) is 0 Å². The lowest BCUT2D eigenvalue weighted by atomic mass is 10.3. The van der Waals surface area contributed by atoms with Crippen molar-refractivity contribution in [2.45, 2.75) is 32.2 Å². The average Bonchev–Trinajstić information content (AvgIpc) is 2.39. The van der Waals surface area contributed by atoms with Crippen LogP contribution in [0.4, 0.5) is 0 Å². The Morgan fingerprint density at radius 3 is 2.17 bits per heavy atom. The monoisotopic (exact) mass is 276 g/mol. The zero-order chi connectivity index (χ0) is 13.9. The summed E-state index contributed by atoms with van der Waals surface area (Å²) in [5.41, 5.74) is 0. The van der Waals surface area contributed by atoms with Gasteiger partial charge in [-0.25, -0.2) is 4.79 Å². The van der Waals surface area contributed by atoms with E-state index >= 15 is 0 Å². The maximum atomic E-state index is 11.0. The van der Waals surface area contributed by atoms with Crippen LogP contribution in [0.3, 0.4) is 0 Å². The predicted octanol–water partition coefficient (Wildman–Crippen LogP) is 2.15. The molecular weight excluding hydrogens is 252 g/mol. The van der Waals surface area contributed by atoms with Crippen LogP contribution in [0.5, 0.6) is 0 Å². The molecule has 106 valence electrons. The van der Waals surface area contributed by atoms with Crippen molar-refractivity contribution in [3.05, 3.63) is 12.2 Å². The molecule has 0 heterocycles. The van der Waals surface area contributed by atoms with Gasteiger partial charge in [0.05, 0.1) is 6.61 Å². The number of carbonyl (C=O) groups is 1. The number of carbonyl (C=O) groups excluding carboxylic acids is 1. The number of hydrogen-bond donors (Lipinski definition) is 0. The Kier molecular flexibility index (Phi) is 9.86. The van der Waals surface area contributed by atoms with Crippen molar-refractivity contribution >= 4 is 14.8 Å². The lowest BCUT2D eigenvalue weighted by molar-refractivity contribution is -0.137. The van der Waals surface area contributed by atoms with Crippen LogP contribution in [0.15, 0.2) is 12.2 Å². The number of hydrogen-bond acceptors (Lipinski definition) is 5. The molecular formula is C12H24O5Si. The lowest BCUT2D eigenvalue weighted by Crippen LogP contribution is -2.42. The zero-order valence-electron chi connectivity index (χ0n) is 11.7. The van der Waals surface area contributed by atoms with Gasteiger partial charge in [0, 0.05) is 33.4 Å². The summed E-state index contributed by atoms with van der Waals surface area (Å²) in [6.07, 6.45) is 5.80. The normalized spacial score (nSPS) is 12.0. The van der Waals surface area contributed by atoms with Crippen LogP contribution in [-0.2, 0) is 22.8 Å². The molecule has 0 amide bonds. The third kappa shape index (κ3) is 6.90. The fourth-order valence-electron chi connectivity index (χ4n) is 1.53. The van der Waals surface area contributed by atoms with Gasteiger partial charge in [0.25, 0.3) is 0 Å². The first-order chi connectivity index (χ1) is 8.64. The Bertz CT molecular complexity index is 243. The molecule has 0 atom stereocenters. The van der Waals surface area contributed by atoms with Crippen LogP contribution in [0.2, 0.25) is 6.04 Å². The molecule has 0 rings (SSSR count). The second kappa shape index (κ2) is 10.2. The summed E-state index contributed by atoms with van der Waals surface area (Å²) in [6.45, 7) is 2.23. The second-order valence-corrected chi connectivity index (χ2v) is 6.86. The van der Waals surface area contributed by atoms with Crippen LogP contribution in [0.1, 0.15) is 26.2 Å². The molecule has 0 radical (unpaired) electrons. The van der Waals surface area contributed by atoms with E-state index in [9.17, 15) is 4.79 Å². The second-order valence-electron chi connectivity index (χ2n) is 3.77. The van der Waals surface area contributed by atoms with Gasteiger partial charge in [0.1, 0.15) is 0 Å². The van der Waals surface area contributed by atoms with E-state index in [1.165, 1.54) is 6.08 Å². The van der Waals surface area contributed by atoms with E-state index in [0.29, 0.717) is 6.61 Å². The highest BCUT2D eigenvalue weighted by Crippen LogP contribution is 2.16. The van der Waals surface area contributed by atoms with Gasteiger partial charge in [-0.3, -0.25) is 0 Å². The molecule has 0 saturated carbocycles. The van der Waals surface area contributed by atoms with Gasteiger partial charge in [-0.05, 0) is 19.8 Å². The number of ether oxygens (including phenoxy) is 1. The van der Waals surface area contributed by atoms with E-state index in [-0.39, 0.29) is 5.97 Å². The van der Waals surface area contributed by atoms with Crippen molar-refractivity contribution in [3.63, 3.8) is 0 Å². The summed E-state index contributed by atoms with van der Waals surface area (Å²) in [5.74, 6) is -0.285. The van der Waals surface area contributed by atoms with Crippen LogP contribution in [0.25, 0.3) is 0 Å². The Morgan fingerprint density at radius 1 is 1.06 bits per heavy atom. The van der Waals surface area contributed by atoms with E-state index < -0.39 is 8.80 Å². The molecule has 5 nitrogen and oxygen atoms in total. The number of esters is 1. The molecule has 0 saturated heterocycles. The van der Waals surface area contributed by atoms with E-state index in [2.05, 4.69) is 0 Å². The van der Waals surface area contributed by atoms with Gasteiger partial charge >= 0.3 is 14.8 Å². The highest BCUT2D eigenvalue weighted by Gasteiger charge is 2.36. The fourth-order valence-corrected chi connectivity index (χ4v) is 3.33. The lowest BCUT2D eigenvalue weighted by Gasteiger charge is -2.24. The molecule has 0 fully saturated rings. The largest absolute Gasteiger partial charge is 0.500 e. The van der Waals surface area contributed by atoms with Gasteiger partial charge in [-0.15, -0.1) is 0 Å². The molecule has 0 spiro atoms. The Balaban J connectivity index is 3.64. The first kappa shape index (κ1) is 17.3. The van der Waals surface area contributed by atoms with Crippen molar-refractivity contribution < 1.29 is 22.8 Å². The highest BCUT2D eigenvalue weighted by atomic mass is 28.4. The molecule has 0 aromatic heterocycles. The van der Waals surface area contributed by atoms with E-state index in [4.69, 9.17) is 18.0 Å². The van der Waals surface area contributed by atoms with Crippen LogP contribution in [-0.4, -0.2) is 42.7 Å². The van der Waals surface area contributed by atoms with Gasteiger partial charge < -0.3 is 18.0 Å². The Hall–Kier alpha value is -0.693. The first-order valence-corrected chi connectivity index (χ1v) is 8.02. The average molecular weight is 276 g/mol. The van der Waals surface area contributed by atoms with Crippen LogP contribution < -0.4 is 0 Å². The smallest absolute Gasteiger partial charge is 0.463 e.